The summed E-state index contributed by atoms with van der Waals surface area (Å²) in [6, 6.07) is 10.1. The molecule has 0 saturated carbocycles. The monoisotopic (exact) mass is 300 g/mol. The van der Waals surface area contributed by atoms with Crippen LogP contribution >= 0.6 is 0 Å². The topological polar surface area (TPSA) is 55.1 Å². The van der Waals surface area contributed by atoms with Crippen LogP contribution in [0.5, 0.6) is 0 Å². The van der Waals surface area contributed by atoms with Gasteiger partial charge in [-0.2, -0.15) is 0 Å². The molecule has 1 aromatic carbocycles. The Bertz CT molecular complexity index is 617. The maximum Gasteiger partial charge on any atom is 0.257 e. The highest BCUT2D eigenvalue weighted by molar-refractivity contribution is 5.96. The van der Waals surface area contributed by atoms with Gasteiger partial charge in [0.25, 0.3) is 5.91 Å². The van der Waals surface area contributed by atoms with E-state index in [0.717, 1.165) is 12.0 Å². The summed E-state index contributed by atoms with van der Waals surface area (Å²) in [6.45, 7) is 8.06. The average Bonchev–Trinajstić information content (AvgIpc) is 2.88. The molecule has 2 rings (SSSR count). The summed E-state index contributed by atoms with van der Waals surface area (Å²) >= 11 is 0. The molecule has 4 heteroatoms. The SMILES string of the molecule is CCc1noc(C)c1C(=O)NC(CC(C)C)c1ccccc1. The van der Waals surface area contributed by atoms with Gasteiger partial charge in [0.2, 0.25) is 0 Å². The third-order valence-electron chi connectivity index (χ3n) is 3.71. The number of aryl methyl sites for hydroxylation is 2. The maximum absolute atomic E-state index is 12.7. The molecule has 1 atom stereocenters. The Kier molecular flexibility index (Phi) is 5.36. The Labute approximate surface area is 131 Å². The number of nitrogens with zero attached hydrogens (tertiary/aromatic N) is 1. The molecule has 0 spiro atoms. The number of nitrogens with one attached hydrogen (secondary N) is 1. The number of benzene rings is 1. The largest absolute Gasteiger partial charge is 0.361 e. The summed E-state index contributed by atoms with van der Waals surface area (Å²) in [6.07, 6.45) is 1.57. The van der Waals surface area contributed by atoms with E-state index >= 15 is 0 Å². The Morgan fingerprint density at radius 3 is 2.55 bits per heavy atom. The van der Waals surface area contributed by atoms with Crippen LogP contribution < -0.4 is 5.32 Å². The van der Waals surface area contributed by atoms with E-state index in [1.165, 1.54) is 0 Å². The number of hydrogen-bond donors (Lipinski definition) is 1. The van der Waals surface area contributed by atoms with Crippen LogP contribution in [0.4, 0.5) is 0 Å². The van der Waals surface area contributed by atoms with Gasteiger partial charge in [0.15, 0.2) is 0 Å². The molecule has 2 aromatic rings. The summed E-state index contributed by atoms with van der Waals surface area (Å²) < 4.78 is 5.17. The molecule has 4 nitrogen and oxygen atoms in total. The summed E-state index contributed by atoms with van der Waals surface area (Å²) in [4.78, 5) is 12.7. The van der Waals surface area contributed by atoms with Crippen molar-refractivity contribution in [1.82, 2.24) is 10.5 Å². The quantitative estimate of drug-likeness (QED) is 0.875. The van der Waals surface area contributed by atoms with Crippen LogP contribution in [0, 0.1) is 12.8 Å². The lowest BCUT2D eigenvalue weighted by Gasteiger charge is -2.21. The van der Waals surface area contributed by atoms with Gasteiger partial charge in [-0.05, 0) is 31.2 Å². The number of aromatic nitrogens is 1. The standard InChI is InChI=1S/C18H24N2O2/c1-5-15-17(13(4)22-20-15)18(21)19-16(11-12(2)3)14-9-7-6-8-10-14/h6-10,12,16H,5,11H2,1-4H3,(H,19,21). The first-order valence-electron chi connectivity index (χ1n) is 7.83. The van der Waals surface area contributed by atoms with Crippen LogP contribution in [0.2, 0.25) is 0 Å². The molecule has 0 aliphatic rings. The van der Waals surface area contributed by atoms with E-state index in [1.807, 2.05) is 25.1 Å². The van der Waals surface area contributed by atoms with Gasteiger partial charge in [-0.15, -0.1) is 0 Å². The lowest BCUT2D eigenvalue weighted by atomic mass is 9.96. The average molecular weight is 300 g/mol. The first-order valence-corrected chi connectivity index (χ1v) is 7.83. The molecule has 0 fully saturated rings. The number of carbonyl (C=O) groups is 1. The van der Waals surface area contributed by atoms with Gasteiger partial charge in [0, 0.05) is 0 Å². The minimum Gasteiger partial charge on any atom is -0.361 e. The normalized spacial score (nSPS) is 12.4. The minimum atomic E-state index is -0.106. The number of hydrogen-bond acceptors (Lipinski definition) is 3. The van der Waals surface area contributed by atoms with Gasteiger partial charge in [0.1, 0.15) is 11.3 Å². The zero-order chi connectivity index (χ0) is 16.1. The fourth-order valence-electron chi connectivity index (χ4n) is 2.62. The Balaban J connectivity index is 2.23. The second-order valence-corrected chi connectivity index (χ2v) is 5.98. The van der Waals surface area contributed by atoms with Gasteiger partial charge in [-0.1, -0.05) is 56.3 Å². The van der Waals surface area contributed by atoms with Crippen molar-refractivity contribution in [2.45, 2.75) is 46.6 Å². The lowest BCUT2D eigenvalue weighted by Crippen LogP contribution is -2.30. The van der Waals surface area contributed by atoms with Crippen molar-refractivity contribution in [2.75, 3.05) is 0 Å². The van der Waals surface area contributed by atoms with E-state index in [2.05, 4.69) is 36.5 Å². The smallest absolute Gasteiger partial charge is 0.257 e. The highest BCUT2D eigenvalue weighted by atomic mass is 16.5. The van der Waals surface area contributed by atoms with Crippen molar-refractivity contribution in [3.8, 4) is 0 Å². The van der Waals surface area contributed by atoms with Crippen molar-refractivity contribution in [1.29, 1.82) is 0 Å². The predicted octanol–water partition coefficient (Wildman–Crippen LogP) is 4.06. The Morgan fingerprint density at radius 2 is 1.95 bits per heavy atom. The third-order valence-corrected chi connectivity index (χ3v) is 3.71. The van der Waals surface area contributed by atoms with Crippen LogP contribution in [-0.4, -0.2) is 11.1 Å². The molecule has 1 aromatic heterocycles. The van der Waals surface area contributed by atoms with Crippen molar-refractivity contribution in [3.05, 3.63) is 52.9 Å². The second kappa shape index (κ2) is 7.25. The summed E-state index contributed by atoms with van der Waals surface area (Å²) in [5, 5.41) is 7.10. The van der Waals surface area contributed by atoms with Crippen LogP contribution in [-0.2, 0) is 6.42 Å². The molecule has 1 N–H and O–H groups in total. The van der Waals surface area contributed by atoms with Crippen molar-refractivity contribution in [2.24, 2.45) is 5.92 Å². The molecule has 1 unspecified atom stereocenters. The predicted molar refractivity (Wildman–Crippen MR) is 86.7 cm³/mol. The van der Waals surface area contributed by atoms with Crippen LogP contribution in [0.15, 0.2) is 34.9 Å². The molecule has 118 valence electrons. The van der Waals surface area contributed by atoms with E-state index in [1.54, 1.807) is 6.92 Å². The molecule has 1 heterocycles. The first kappa shape index (κ1) is 16.3. The molecule has 0 bridgehead atoms. The molecular formula is C18H24N2O2. The molecule has 0 radical (unpaired) electrons. The zero-order valence-corrected chi connectivity index (χ0v) is 13.7. The first-order chi connectivity index (χ1) is 10.5. The molecule has 0 aliphatic heterocycles. The minimum absolute atomic E-state index is 0.00675. The van der Waals surface area contributed by atoms with Gasteiger partial charge in [-0.3, -0.25) is 4.79 Å². The molecule has 1 amide bonds. The van der Waals surface area contributed by atoms with Crippen molar-refractivity contribution in [3.63, 3.8) is 0 Å². The van der Waals surface area contributed by atoms with E-state index in [9.17, 15) is 4.79 Å². The number of rotatable bonds is 6. The van der Waals surface area contributed by atoms with E-state index in [0.29, 0.717) is 29.4 Å². The fourth-order valence-corrected chi connectivity index (χ4v) is 2.62. The van der Waals surface area contributed by atoms with Crippen molar-refractivity contribution < 1.29 is 9.32 Å². The Hall–Kier alpha value is -2.10. The molecular weight excluding hydrogens is 276 g/mol. The third kappa shape index (κ3) is 3.75. The Morgan fingerprint density at radius 1 is 1.27 bits per heavy atom. The van der Waals surface area contributed by atoms with E-state index in [4.69, 9.17) is 4.52 Å². The van der Waals surface area contributed by atoms with Crippen molar-refractivity contribution >= 4 is 5.91 Å². The fraction of sp³-hybridized carbons (Fsp3) is 0.444. The van der Waals surface area contributed by atoms with Gasteiger partial charge in [-0.25, -0.2) is 0 Å². The van der Waals surface area contributed by atoms with E-state index < -0.39 is 0 Å². The number of amides is 1. The molecule has 22 heavy (non-hydrogen) atoms. The van der Waals surface area contributed by atoms with Crippen LogP contribution in [0.1, 0.15) is 60.6 Å². The van der Waals surface area contributed by atoms with Gasteiger partial charge in [0.05, 0.1) is 11.7 Å². The molecule has 0 saturated heterocycles. The summed E-state index contributed by atoms with van der Waals surface area (Å²) in [7, 11) is 0. The van der Waals surface area contributed by atoms with Crippen LogP contribution in [0.25, 0.3) is 0 Å². The van der Waals surface area contributed by atoms with E-state index in [-0.39, 0.29) is 11.9 Å². The summed E-state index contributed by atoms with van der Waals surface area (Å²) in [5.74, 6) is 0.954. The molecule has 0 aliphatic carbocycles. The maximum atomic E-state index is 12.7. The van der Waals surface area contributed by atoms with Gasteiger partial charge < -0.3 is 9.84 Å². The number of carbonyl (C=O) groups excluding carboxylic acids is 1. The summed E-state index contributed by atoms with van der Waals surface area (Å²) in [5.41, 5.74) is 2.41. The highest BCUT2D eigenvalue weighted by Crippen LogP contribution is 2.23. The second-order valence-electron chi connectivity index (χ2n) is 5.98. The lowest BCUT2D eigenvalue weighted by molar-refractivity contribution is 0.0929. The van der Waals surface area contributed by atoms with Crippen LogP contribution in [0.3, 0.4) is 0 Å². The zero-order valence-electron chi connectivity index (χ0n) is 13.7. The van der Waals surface area contributed by atoms with Gasteiger partial charge >= 0.3 is 0 Å². The highest BCUT2D eigenvalue weighted by Gasteiger charge is 2.23.